The van der Waals surface area contributed by atoms with Crippen LogP contribution in [0.15, 0.2) is 54.6 Å². The topological polar surface area (TPSA) is 26.0 Å². The van der Waals surface area contributed by atoms with Crippen molar-refractivity contribution in [3.05, 3.63) is 54.6 Å². The van der Waals surface area contributed by atoms with Crippen molar-refractivity contribution in [1.29, 1.82) is 0 Å². The molecule has 2 rings (SSSR count). The maximum absolute atomic E-state index is 5.70. The molecule has 0 spiro atoms. The summed E-state index contributed by atoms with van der Waals surface area (Å²) in [6.45, 7) is 0. The van der Waals surface area contributed by atoms with E-state index in [1.165, 1.54) is 11.1 Å². The summed E-state index contributed by atoms with van der Waals surface area (Å²) in [5, 5.41) is 0. The number of benzene rings is 2. The third kappa shape index (κ3) is 2.16. The summed E-state index contributed by atoms with van der Waals surface area (Å²) in [6, 6.07) is 18.1. The van der Waals surface area contributed by atoms with Gasteiger partial charge in [-0.2, -0.15) is 0 Å². The molecule has 0 unspecified atom stereocenters. The molecule has 70 valence electrons. The molecule has 0 heterocycles. The minimum absolute atomic E-state index is 0. The molecule has 0 aliphatic heterocycles. The highest BCUT2D eigenvalue weighted by Gasteiger charge is 1.94. The second-order valence-corrected chi connectivity index (χ2v) is 2.99. The lowest BCUT2D eigenvalue weighted by molar-refractivity contribution is 1.61. The van der Waals surface area contributed by atoms with Crippen LogP contribution in [0, 0.1) is 0 Å². The first-order valence-corrected chi connectivity index (χ1v) is 4.27. The van der Waals surface area contributed by atoms with E-state index >= 15 is 0 Å². The largest absolute Gasteiger partial charge is 0.399 e. The Labute approximate surface area is 86.2 Å². The first kappa shape index (κ1) is 10.4. The lowest BCUT2D eigenvalue weighted by Gasteiger charge is -2.01. The van der Waals surface area contributed by atoms with Crippen LogP contribution in [0.25, 0.3) is 11.1 Å². The van der Waals surface area contributed by atoms with E-state index in [1.807, 2.05) is 36.4 Å². The molecule has 0 saturated heterocycles. The predicted molar refractivity (Wildman–Crippen MR) is 66.2 cm³/mol. The molecule has 2 aromatic carbocycles. The second kappa shape index (κ2) is 4.52. The number of hydrogen-bond acceptors (Lipinski definition) is 1. The first-order valence-electron chi connectivity index (χ1n) is 4.27. The fourth-order valence-corrected chi connectivity index (χ4v) is 1.35. The molecule has 14 heavy (non-hydrogen) atoms. The van der Waals surface area contributed by atoms with E-state index in [0.717, 1.165) is 5.69 Å². The van der Waals surface area contributed by atoms with Crippen molar-refractivity contribution >= 4 is 14.1 Å². The third-order valence-corrected chi connectivity index (χ3v) is 1.99. The molecule has 2 N–H and O–H groups in total. The molecule has 1 nitrogen and oxygen atoms in total. The van der Waals surface area contributed by atoms with Gasteiger partial charge in [-0.05, 0) is 23.3 Å². The average molecular weight is 183 g/mol. The Morgan fingerprint density at radius 2 is 1.36 bits per heavy atom. The van der Waals surface area contributed by atoms with Crippen molar-refractivity contribution in [3.63, 3.8) is 0 Å². The van der Waals surface area contributed by atoms with Crippen LogP contribution in [-0.4, -0.2) is 8.41 Å². The van der Waals surface area contributed by atoms with E-state index in [0.29, 0.717) is 0 Å². The summed E-state index contributed by atoms with van der Waals surface area (Å²) in [7, 11) is 0. The molecule has 0 radical (unpaired) electrons. The minimum atomic E-state index is 0. The zero-order valence-corrected chi connectivity index (χ0v) is 7.27. The highest BCUT2D eigenvalue weighted by Crippen LogP contribution is 2.20. The lowest BCUT2D eigenvalue weighted by Crippen LogP contribution is -1.84. The lowest BCUT2D eigenvalue weighted by atomic mass is 10.1. The zero-order valence-electron chi connectivity index (χ0n) is 7.27. The van der Waals surface area contributed by atoms with Gasteiger partial charge in [0.1, 0.15) is 0 Å². The number of nitrogen functional groups attached to an aromatic ring is 1. The Balaban J connectivity index is 0.000000980. The van der Waals surface area contributed by atoms with Crippen LogP contribution in [-0.2, 0) is 0 Å². The molecule has 0 bridgehead atoms. The average Bonchev–Trinajstić information content (AvgIpc) is 2.19. The molecule has 0 aliphatic carbocycles. The number of rotatable bonds is 1. The van der Waals surface area contributed by atoms with Crippen molar-refractivity contribution in [2.24, 2.45) is 0 Å². The summed E-state index contributed by atoms with van der Waals surface area (Å²) in [5.74, 6) is 0. The fraction of sp³-hybridized carbons (Fsp3) is 0. The van der Waals surface area contributed by atoms with Gasteiger partial charge in [-0.15, -0.1) is 0 Å². The predicted octanol–water partition coefficient (Wildman–Crippen LogP) is 1.75. The summed E-state index contributed by atoms with van der Waals surface area (Å²) in [6.07, 6.45) is 0. The van der Waals surface area contributed by atoms with Gasteiger partial charge in [0, 0.05) is 5.69 Å². The summed E-state index contributed by atoms with van der Waals surface area (Å²) >= 11 is 0. The van der Waals surface area contributed by atoms with Gasteiger partial charge in [0.15, 0.2) is 0 Å². The van der Waals surface area contributed by atoms with Gasteiger partial charge in [0.2, 0.25) is 0 Å². The van der Waals surface area contributed by atoms with E-state index in [2.05, 4.69) is 18.2 Å². The molecular formula is C12H14BN. The number of hydrogen-bond donors (Lipinski definition) is 1. The quantitative estimate of drug-likeness (QED) is 0.529. The maximum atomic E-state index is 5.70. The highest BCUT2D eigenvalue weighted by molar-refractivity contribution is 5.75. The van der Waals surface area contributed by atoms with Gasteiger partial charge in [-0.3, -0.25) is 0 Å². The Morgan fingerprint density at radius 3 is 2.00 bits per heavy atom. The fourth-order valence-electron chi connectivity index (χ4n) is 1.35. The van der Waals surface area contributed by atoms with Crippen LogP contribution in [0.3, 0.4) is 0 Å². The molecule has 0 saturated carbocycles. The van der Waals surface area contributed by atoms with Gasteiger partial charge in [0.25, 0.3) is 0 Å². The minimum Gasteiger partial charge on any atom is -0.399 e. The molecule has 0 aromatic heterocycles. The molecular weight excluding hydrogens is 169 g/mol. The highest BCUT2D eigenvalue weighted by atomic mass is 14.5. The summed E-state index contributed by atoms with van der Waals surface area (Å²) in [4.78, 5) is 0. The normalized spacial score (nSPS) is 9.14. The van der Waals surface area contributed by atoms with Crippen molar-refractivity contribution in [2.75, 3.05) is 5.73 Å². The Bertz CT molecular complexity index is 398. The van der Waals surface area contributed by atoms with Crippen LogP contribution in [0.4, 0.5) is 5.69 Å². The Morgan fingerprint density at radius 1 is 0.714 bits per heavy atom. The van der Waals surface area contributed by atoms with Crippen molar-refractivity contribution < 1.29 is 0 Å². The zero-order chi connectivity index (χ0) is 9.10. The van der Waals surface area contributed by atoms with Crippen LogP contribution in [0.2, 0.25) is 0 Å². The SMILES string of the molecule is B.Nc1cccc(-c2ccccc2)c1. The molecule has 0 aliphatic rings. The van der Waals surface area contributed by atoms with Crippen LogP contribution in [0.1, 0.15) is 0 Å². The van der Waals surface area contributed by atoms with E-state index in [4.69, 9.17) is 5.73 Å². The summed E-state index contributed by atoms with van der Waals surface area (Å²) < 4.78 is 0. The molecule has 2 heteroatoms. The molecule has 0 amide bonds. The van der Waals surface area contributed by atoms with Crippen LogP contribution in [0.5, 0.6) is 0 Å². The third-order valence-electron chi connectivity index (χ3n) is 1.99. The van der Waals surface area contributed by atoms with E-state index in [1.54, 1.807) is 0 Å². The van der Waals surface area contributed by atoms with Gasteiger partial charge in [-0.25, -0.2) is 0 Å². The monoisotopic (exact) mass is 183 g/mol. The van der Waals surface area contributed by atoms with Crippen molar-refractivity contribution in [1.82, 2.24) is 0 Å². The number of nitrogens with two attached hydrogens (primary N) is 1. The van der Waals surface area contributed by atoms with Crippen molar-refractivity contribution in [2.45, 2.75) is 0 Å². The standard InChI is InChI=1S/C12H11N.BH3/c13-12-8-4-7-11(9-12)10-5-2-1-3-6-10;/h1-9H,13H2;1H3. The summed E-state index contributed by atoms with van der Waals surface area (Å²) in [5.41, 5.74) is 8.87. The molecule has 0 atom stereocenters. The Kier molecular flexibility index (Phi) is 3.35. The maximum Gasteiger partial charge on any atom is 0.0814 e. The van der Waals surface area contributed by atoms with Gasteiger partial charge in [0.05, 0.1) is 8.41 Å². The van der Waals surface area contributed by atoms with Gasteiger partial charge < -0.3 is 5.73 Å². The van der Waals surface area contributed by atoms with Crippen molar-refractivity contribution in [3.8, 4) is 11.1 Å². The Hall–Kier alpha value is -1.70. The van der Waals surface area contributed by atoms with Crippen LogP contribution < -0.4 is 5.73 Å². The molecule has 2 aromatic rings. The van der Waals surface area contributed by atoms with E-state index < -0.39 is 0 Å². The number of anilines is 1. The smallest absolute Gasteiger partial charge is 0.0814 e. The van der Waals surface area contributed by atoms with E-state index in [9.17, 15) is 0 Å². The van der Waals surface area contributed by atoms with E-state index in [-0.39, 0.29) is 8.41 Å². The first-order chi connectivity index (χ1) is 6.36. The van der Waals surface area contributed by atoms with Gasteiger partial charge in [-0.1, -0.05) is 42.5 Å². The van der Waals surface area contributed by atoms with Crippen LogP contribution >= 0.6 is 0 Å². The second-order valence-electron chi connectivity index (χ2n) is 2.99. The van der Waals surface area contributed by atoms with Gasteiger partial charge >= 0.3 is 0 Å². The molecule has 0 fully saturated rings.